The molecule has 1 atom stereocenters. The zero-order valence-corrected chi connectivity index (χ0v) is 13.5. The number of hydrogen-bond donors (Lipinski definition) is 5. The molecule has 134 valence electrons. The Labute approximate surface area is 137 Å². The van der Waals surface area contributed by atoms with Gasteiger partial charge < -0.3 is 21.1 Å². The molecular formula is C13H17NO9S. The maximum atomic E-state index is 10.9. The lowest BCUT2D eigenvalue weighted by molar-refractivity contribution is -0.139. The van der Waals surface area contributed by atoms with Gasteiger partial charge in [-0.05, 0) is 18.1 Å². The molecule has 0 aliphatic rings. The molecule has 0 amide bonds. The van der Waals surface area contributed by atoms with E-state index in [9.17, 15) is 22.8 Å². The Balaban J connectivity index is 0.000000561. The summed E-state index contributed by atoms with van der Waals surface area (Å²) in [4.78, 5) is 30.2. The number of nitrogens with two attached hydrogens (primary N) is 1. The van der Waals surface area contributed by atoms with E-state index in [2.05, 4.69) is 0 Å². The normalized spacial score (nSPS) is 12.0. The molecule has 0 radical (unpaired) electrons. The van der Waals surface area contributed by atoms with Gasteiger partial charge >= 0.3 is 17.9 Å². The van der Waals surface area contributed by atoms with E-state index in [0.717, 1.165) is 18.2 Å². The summed E-state index contributed by atoms with van der Waals surface area (Å²) < 4.78 is 30.6. The molecule has 1 aromatic rings. The molecule has 0 unspecified atom stereocenters. The quantitative estimate of drug-likeness (QED) is 0.457. The third-order valence-corrected chi connectivity index (χ3v) is 3.69. The van der Waals surface area contributed by atoms with Crippen molar-refractivity contribution in [1.29, 1.82) is 0 Å². The van der Waals surface area contributed by atoms with E-state index in [1.54, 1.807) is 13.8 Å². The summed E-state index contributed by atoms with van der Waals surface area (Å²) in [7, 11) is -4.92. The van der Waals surface area contributed by atoms with Gasteiger partial charge in [0.25, 0.3) is 10.1 Å². The summed E-state index contributed by atoms with van der Waals surface area (Å²) >= 11 is 0. The van der Waals surface area contributed by atoms with Gasteiger partial charge in [-0.15, -0.1) is 0 Å². The first kappa shape index (κ1) is 21.5. The minimum atomic E-state index is -4.92. The van der Waals surface area contributed by atoms with E-state index in [1.165, 1.54) is 0 Å². The van der Waals surface area contributed by atoms with Crippen LogP contribution in [0.3, 0.4) is 0 Å². The van der Waals surface area contributed by atoms with Crippen molar-refractivity contribution >= 4 is 28.0 Å². The van der Waals surface area contributed by atoms with E-state index in [4.69, 9.17) is 25.6 Å². The highest BCUT2D eigenvalue weighted by atomic mass is 32.2. The zero-order valence-electron chi connectivity index (χ0n) is 12.7. The summed E-state index contributed by atoms with van der Waals surface area (Å²) in [5, 5.41) is 25.6. The molecule has 1 rings (SSSR count). The monoisotopic (exact) mass is 363 g/mol. The smallest absolute Gasteiger partial charge is 0.337 e. The molecule has 24 heavy (non-hydrogen) atoms. The second-order valence-corrected chi connectivity index (χ2v) is 6.23. The molecule has 0 bridgehead atoms. The van der Waals surface area contributed by atoms with Crippen LogP contribution in [0.25, 0.3) is 0 Å². The van der Waals surface area contributed by atoms with Gasteiger partial charge in [0.05, 0.1) is 11.1 Å². The van der Waals surface area contributed by atoms with Crippen LogP contribution in [0.5, 0.6) is 0 Å². The van der Waals surface area contributed by atoms with Gasteiger partial charge in [0.15, 0.2) is 0 Å². The van der Waals surface area contributed by atoms with Crippen LogP contribution in [-0.2, 0) is 14.9 Å². The fourth-order valence-electron chi connectivity index (χ4n) is 1.44. The second kappa shape index (κ2) is 8.38. The maximum absolute atomic E-state index is 10.9. The number of hydrogen-bond acceptors (Lipinski definition) is 6. The van der Waals surface area contributed by atoms with Gasteiger partial charge in [0.2, 0.25) is 0 Å². The molecule has 0 fully saturated rings. The van der Waals surface area contributed by atoms with Gasteiger partial charge in [-0.3, -0.25) is 9.35 Å². The minimum absolute atomic E-state index is 0.0208. The van der Waals surface area contributed by atoms with Crippen molar-refractivity contribution in [3.63, 3.8) is 0 Å². The lowest BCUT2D eigenvalue weighted by Gasteiger charge is -2.07. The molecule has 0 saturated heterocycles. The summed E-state index contributed by atoms with van der Waals surface area (Å²) in [5.74, 6) is -4.20. The Morgan fingerprint density at radius 3 is 1.54 bits per heavy atom. The number of carboxylic acid groups (broad SMARTS) is 3. The first-order valence-corrected chi connectivity index (χ1v) is 7.80. The van der Waals surface area contributed by atoms with Gasteiger partial charge in [0.1, 0.15) is 10.9 Å². The Hall–Kier alpha value is -2.50. The topological polar surface area (TPSA) is 192 Å². The summed E-state index contributed by atoms with van der Waals surface area (Å²) in [6.07, 6.45) is 0. The predicted octanol–water partition coefficient (Wildman–Crippen LogP) is 0.384. The van der Waals surface area contributed by atoms with E-state index in [-0.39, 0.29) is 5.92 Å². The molecule has 1 aromatic carbocycles. The number of aliphatic carboxylic acids is 1. The van der Waals surface area contributed by atoms with E-state index < -0.39 is 50.1 Å². The molecule has 6 N–H and O–H groups in total. The van der Waals surface area contributed by atoms with Gasteiger partial charge in [-0.1, -0.05) is 19.9 Å². The fourth-order valence-corrected chi connectivity index (χ4v) is 2.30. The van der Waals surface area contributed by atoms with Crippen LogP contribution in [0.1, 0.15) is 34.6 Å². The van der Waals surface area contributed by atoms with Crippen LogP contribution in [-0.4, -0.2) is 52.2 Å². The number of benzene rings is 1. The minimum Gasteiger partial charge on any atom is -0.480 e. The molecule has 0 heterocycles. The zero-order chi connectivity index (χ0) is 19.2. The standard InChI is InChI=1S/C8H6O7S.C5H11NO2/c9-7(10)4-2-1-3-5(8(11)12)6(4)16(13,14)15;1-3(2)4(6)5(7)8/h1-3H,(H,9,10)(H,11,12)(H,13,14,15);3-4H,6H2,1-2H3,(H,7,8)/t;4-/m.0/s1. The molecule has 0 aliphatic heterocycles. The van der Waals surface area contributed by atoms with E-state index in [1.807, 2.05) is 0 Å². The Bertz CT molecular complexity index is 708. The molecular weight excluding hydrogens is 346 g/mol. The molecule has 0 saturated carbocycles. The largest absolute Gasteiger partial charge is 0.480 e. The number of aromatic carboxylic acids is 2. The van der Waals surface area contributed by atoms with Crippen molar-refractivity contribution in [3.8, 4) is 0 Å². The fraction of sp³-hybridized carbons (Fsp3) is 0.308. The van der Waals surface area contributed by atoms with Crippen molar-refractivity contribution in [2.24, 2.45) is 11.7 Å². The molecule has 0 aromatic heterocycles. The van der Waals surface area contributed by atoms with Crippen molar-refractivity contribution in [3.05, 3.63) is 29.3 Å². The van der Waals surface area contributed by atoms with E-state index >= 15 is 0 Å². The van der Waals surface area contributed by atoms with Crippen LogP contribution in [0.15, 0.2) is 23.1 Å². The van der Waals surface area contributed by atoms with Crippen molar-refractivity contribution in [2.45, 2.75) is 24.8 Å². The summed E-state index contributed by atoms with van der Waals surface area (Å²) in [5.41, 5.74) is 3.58. The highest BCUT2D eigenvalue weighted by Crippen LogP contribution is 2.20. The first-order valence-electron chi connectivity index (χ1n) is 6.36. The van der Waals surface area contributed by atoms with Crippen molar-refractivity contribution in [1.82, 2.24) is 0 Å². The molecule has 10 nitrogen and oxygen atoms in total. The third-order valence-electron chi connectivity index (χ3n) is 2.74. The lowest BCUT2D eigenvalue weighted by Crippen LogP contribution is -2.34. The maximum Gasteiger partial charge on any atom is 0.337 e. The molecule has 0 aliphatic carbocycles. The van der Waals surface area contributed by atoms with Crippen LogP contribution in [0.4, 0.5) is 0 Å². The van der Waals surface area contributed by atoms with Crippen LogP contribution >= 0.6 is 0 Å². The molecule has 0 spiro atoms. The van der Waals surface area contributed by atoms with E-state index in [0.29, 0.717) is 0 Å². The first-order chi connectivity index (χ1) is 10.8. The van der Waals surface area contributed by atoms with Crippen LogP contribution in [0.2, 0.25) is 0 Å². The number of carbonyl (C=O) groups is 3. The highest BCUT2D eigenvalue weighted by molar-refractivity contribution is 7.86. The summed E-state index contributed by atoms with van der Waals surface area (Å²) in [6, 6.07) is 2.13. The Kier molecular flexibility index (Phi) is 7.51. The average Bonchev–Trinajstić information content (AvgIpc) is 2.44. The highest BCUT2D eigenvalue weighted by Gasteiger charge is 2.27. The third kappa shape index (κ3) is 5.95. The predicted molar refractivity (Wildman–Crippen MR) is 80.6 cm³/mol. The van der Waals surface area contributed by atoms with Crippen LogP contribution in [0, 0.1) is 5.92 Å². The Morgan fingerprint density at radius 1 is 1.00 bits per heavy atom. The molecule has 11 heteroatoms. The van der Waals surface area contributed by atoms with Crippen LogP contribution < -0.4 is 5.73 Å². The summed E-state index contributed by atoms with van der Waals surface area (Å²) in [6.45, 7) is 3.55. The van der Waals surface area contributed by atoms with Gasteiger partial charge in [0, 0.05) is 0 Å². The van der Waals surface area contributed by atoms with Gasteiger partial charge in [-0.2, -0.15) is 8.42 Å². The van der Waals surface area contributed by atoms with Crippen molar-refractivity contribution in [2.75, 3.05) is 0 Å². The van der Waals surface area contributed by atoms with Gasteiger partial charge in [-0.25, -0.2) is 9.59 Å². The SMILES string of the molecule is CC(C)[C@H](N)C(=O)O.O=C(O)c1cccc(C(=O)O)c1S(=O)(=O)O. The number of rotatable bonds is 5. The lowest BCUT2D eigenvalue weighted by atomic mass is 10.1. The number of carboxylic acids is 3. The second-order valence-electron chi connectivity index (χ2n) is 4.88. The Morgan fingerprint density at radius 2 is 1.38 bits per heavy atom. The average molecular weight is 363 g/mol. The van der Waals surface area contributed by atoms with Crippen molar-refractivity contribution < 1.29 is 42.7 Å².